The molecule has 0 aliphatic carbocycles. The molecule has 0 radical (unpaired) electrons. The third-order valence-corrected chi connectivity index (χ3v) is 6.43. The van der Waals surface area contributed by atoms with E-state index in [1.165, 1.54) is 4.31 Å². The maximum atomic E-state index is 12.5. The van der Waals surface area contributed by atoms with Crippen LogP contribution in [0.15, 0.2) is 42.5 Å². The lowest BCUT2D eigenvalue weighted by Gasteiger charge is -2.25. The van der Waals surface area contributed by atoms with E-state index in [2.05, 4.69) is 5.32 Å². The van der Waals surface area contributed by atoms with Crippen molar-refractivity contribution in [1.29, 1.82) is 0 Å². The molecule has 0 fully saturated rings. The first-order chi connectivity index (χ1) is 15.3. The number of rotatable bonds is 10. The summed E-state index contributed by atoms with van der Waals surface area (Å²) >= 11 is 0. The Morgan fingerprint density at radius 1 is 1.12 bits per heavy atom. The molecule has 0 saturated carbocycles. The van der Waals surface area contributed by atoms with Gasteiger partial charge in [0, 0.05) is 19.0 Å². The molecule has 174 valence electrons. The van der Waals surface area contributed by atoms with Crippen molar-refractivity contribution in [3.8, 4) is 17.2 Å². The summed E-state index contributed by atoms with van der Waals surface area (Å²) in [6.07, 6.45) is 2.49. The quantitative estimate of drug-likeness (QED) is 0.582. The number of carbonyl (C=O) groups excluding carboxylic acids is 1. The number of anilines is 1. The average molecular weight is 463 g/mol. The Balaban J connectivity index is 1.60. The Hall–Kier alpha value is -2.94. The van der Waals surface area contributed by atoms with E-state index in [1.54, 1.807) is 25.3 Å². The molecule has 1 aliphatic rings. The SMILES string of the molecule is CC[C@H](NC(=O)CCCN(c1ccc2c(c1)OCCO2)S(C)(=O)=O)c1ccc(OC)cc1. The number of nitrogens with one attached hydrogen (secondary N) is 1. The molecule has 1 N–H and O–H groups in total. The number of fused-ring (bicyclic) bond motifs is 1. The molecule has 0 spiro atoms. The number of amides is 1. The summed E-state index contributed by atoms with van der Waals surface area (Å²) < 4.78 is 42.3. The maximum Gasteiger partial charge on any atom is 0.232 e. The van der Waals surface area contributed by atoms with Gasteiger partial charge in [0.2, 0.25) is 15.9 Å². The second kappa shape index (κ2) is 10.6. The van der Waals surface area contributed by atoms with E-state index >= 15 is 0 Å². The predicted molar refractivity (Wildman–Crippen MR) is 123 cm³/mol. The molecule has 2 aromatic carbocycles. The standard InChI is InChI=1S/C23H30N2O6S/c1-4-20(17-7-10-19(29-2)11-8-17)24-23(26)6-5-13-25(32(3,27)28)18-9-12-21-22(16-18)31-15-14-30-21/h7-12,16,20H,4-6,13-15H2,1-3H3,(H,24,26)/t20-/m0/s1. The lowest BCUT2D eigenvalue weighted by atomic mass is 10.0. The van der Waals surface area contributed by atoms with Crippen molar-refractivity contribution in [2.45, 2.75) is 32.2 Å². The number of hydrogen-bond donors (Lipinski definition) is 1. The number of hydrogen-bond acceptors (Lipinski definition) is 6. The highest BCUT2D eigenvalue weighted by molar-refractivity contribution is 7.92. The zero-order chi connectivity index (χ0) is 23.1. The van der Waals surface area contributed by atoms with Crippen LogP contribution in [0.1, 0.15) is 37.8 Å². The van der Waals surface area contributed by atoms with E-state index in [9.17, 15) is 13.2 Å². The van der Waals surface area contributed by atoms with Crippen LogP contribution in [0.2, 0.25) is 0 Å². The van der Waals surface area contributed by atoms with Crippen molar-refractivity contribution >= 4 is 21.6 Å². The minimum Gasteiger partial charge on any atom is -0.497 e. The summed E-state index contributed by atoms with van der Waals surface area (Å²) in [6.45, 7) is 3.07. The lowest BCUT2D eigenvalue weighted by molar-refractivity contribution is -0.121. The molecule has 1 amide bonds. The number of ether oxygens (including phenoxy) is 3. The molecule has 1 atom stereocenters. The van der Waals surface area contributed by atoms with Gasteiger partial charge in [-0.1, -0.05) is 19.1 Å². The molecule has 0 bridgehead atoms. The topological polar surface area (TPSA) is 94.2 Å². The third kappa shape index (κ3) is 6.06. The fraction of sp³-hybridized carbons (Fsp3) is 0.435. The zero-order valence-electron chi connectivity index (χ0n) is 18.7. The van der Waals surface area contributed by atoms with Gasteiger partial charge < -0.3 is 19.5 Å². The van der Waals surface area contributed by atoms with Crippen molar-refractivity contribution in [2.75, 3.05) is 37.4 Å². The molecule has 32 heavy (non-hydrogen) atoms. The largest absolute Gasteiger partial charge is 0.497 e. The molecule has 8 nitrogen and oxygen atoms in total. The van der Waals surface area contributed by atoms with E-state index in [4.69, 9.17) is 14.2 Å². The maximum absolute atomic E-state index is 12.5. The van der Waals surface area contributed by atoms with E-state index in [0.717, 1.165) is 24.0 Å². The van der Waals surface area contributed by atoms with E-state index in [0.29, 0.717) is 36.8 Å². The Bertz CT molecular complexity index is 1020. The smallest absolute Gasteiger partial charge is 0.232 e. The highest BCUT2D eigenvalue weighted by atomic mass is 32.2. The molecule has 2 aromatic rings. The molecule has 1 aliphatic heterocycles. The minimum atomic E-state index is -3.53. The first-order valence-electron chi connectivity index (χ1n) is 10.6. The van der Waals surface area contributed by atoms with Gasteiger partial charge >= 0.3 is 0 Å². The molecule has 1 heterocycles. The summed E-state index contributed by atoms with van der Waals surface area (Å²) in [5.41, 5.74) is 1.48. The summed E-state index contributed by atoms with van der Waals surface area (Å²) in [5, 5.41) is 3.03. The molecule has 0 saturated heterocycles. The van der Waals surface area contributed by atoms with Gasteiger partial charge in [-0.15, -0.1) is 0 Å². The Kier molecular flexibility index (Phi) is 7.84. The van der Waals surface area contributed by atoms with Gasteiger partial charge in [-0.3, -0.25) is 9.10 Å². The van der Waals surface area contributed by atoms with Crippen LogP contribution in [-0.4, -0.2) is 47.4 Å². The first-order valence-corrected chi connectivity index (χ1v) is 12.5. The monoisotopic (exact) mass is 462 g/mol. The highest BCUT2D eigenvalue weighted by Crippen LogP contribution is 2.34. The fourth-order valence-electron chi connectivity index (χ4n) is 3.58. The molecular formula is C23H30N2O6S. The van der Waals surface area contributed by atoms with Crippen LogP contribution in [0, 0.1) is 0 Å². The van der Waals surface area contributed by atoms with E-state index in [-0.39, 0.29) is 24.9 Å². The van der Waals surface area contributed by atoms with Crippen molar-refractivity contribution < 1.29 is 27.4 Å². The van der Waals surface area contributed by atoms with Gasteiger partial charge in [0.1, 0.15) is 19.0 Å². The molecular weight excluding hydrogens is 432 g/mol. The van der Waals surface area contributed by atoms with Crippen LogP contribution in [0.3, 0.4) is 0 Å². The van der Waals surface area contributed by atoms with Crippen LogP contribution >= 0.6 is 0 Å². The Morgan fingerprint density at radius 3 is 2.44 bits per heavy atom. The normalized spacial score (nSPS) is 13.8. The lowest BCUT2D eigenvalue weighted by Crippen LogP contribution is -2.33. The number of sulfonamides is 1. The number of benzene rings is 2. The summed E-state index contributed by atoms with van der Waals surface area (Å²) in [5.74, 6) is 1.75. The molecule has 9 heteroatoms. The zero-order valence-corrected chi connectivity index (χ0v) is 19.5. The summed E-state index contributed by atoms with van der Waals surface area (Å²) in [4.78, 5) is 12.5. The minimum absolute atomic E-state index is 0.114. The second-order valence-corrected chi connectivity index (χ2v) is 9.47. The number of nitrogens with zero attached hydrogens (tertiary/aromatic N) is 1. The van der Waals surface area contributed by atoms with Gasteiger partial charge in [-0.05, 0) is 42.7 Å². The fourth-order valence-corrected chi connectivity index (χ4v) is 4.54. The summed E-state index contributed by atoms with van der Waals surface area (Å²) in [7, 11) is -1.92. The van der Waals surface area contributed by atoms with Crippen molar-refractivity contribution in [2.24, 2.45) is 0 Å². The van der Waals surface area contributed by atoms with Crippen molar-refractivity contribution in [1.82, 2.24) is 5.32 Å². The molecule has 0 aromatic heterocycles. The number of carbonyl (C=O) groups is 1. The number of methoxy groups -OCH3 is 1. The molecule has 3 rings (SSSR count). The van der Waals surface area contributed by atoms with E-state index in [1.807, 2.05) is 31.2 Å². The second-order valence-electron chi connectivity index (χ2n) is 7.57. The average Bonchev–Trinajstić information content (AvgIpc) is 2.79. The Morgan fingerprint density at radius 2 is 1.81 bits per heavy atom. The first kappa shape index (κ1) is 23.7. The molecule has 0 unspecified atom stereocenters. The van der Waals surface area contributed by atoms with Gasteiger partial charge in [0.05, 0.1) is 25.1 Å². The van der Waals surface area contributed by atoms with Crippen LogP contribution in [-0.2, 0) is 14.8 Å². The van der Waals surface area contributed by atoms with E-state index < -0.39 is 10.0 Å². The van der Waals surface area contributed by atoms with Crippen LogP contribution in [0.5, 0.6) is 17.2 Å². The van der Waals surface area contributed by atoms with Crippen LogP contribution < -0.4 is 23.8 Å². The van der Waals surface area contributed by atoms with Gasteiger partial charge in [-0.25, -0.2) is 8.42 Å². The van der Waals surface area contributed by atoms with Crippen LogP contribution in [0.25, 0.3) is 0 Å². The predicted octanol–water partition coefficient (Wildman–Crippen LogP) is 3.28. The van der Waals surface area contributed by atoms with Crippen molar-refractivity contribution in [3.63, 3.8) is 0 Å². The van der Waals surface area contributed by atoms with Crippen molar-refractivity contribution in [3.05, 3.63) is 48.0 Å². The summed E-state index contributed by atoms with van der Waals surface area (Å²) in [6, 6.07) is 12.5. The van der Waals surface area contributed by atoms with Gasteiger partial charge in [0.25, 0.3) is 0 Å². The van der Waals surface area contributed by atoms with Gasteiger partial charge in [0.15, 0.2) is 11.5 Å². The Labute approximate surface area is 189 Å². The van der Waals surface area contributed by atoms with Crippen LogP contribution in [0.4, 0.5) is 5.69 Å². The third-order valence-electron chi connectivity index (χ3n) is 5.24. The highest BCUT2D eigenvalue weighted by Gasteiger charge is 2.21. The van der Waals surface area contributed by atoms with Gasteiger partial charge in [-0.2, -0.15) is 0 Å².